The average Bonchev–Trinajstić information content (AvgIpc) is 2.28. The summed E-state index contributed by atoms with van der Waals surface area (Å²) in [6, 6.07) is 15.2. The highest BCUT2D eigenvalue weighted by molar-refractivity contribution is 5.64. The van der Waals surface area contributed by atoms with E-state index in [-0.39, 0.29) is 0 Å². The van der Waals surface area contributed by atoms with Crippen molar-refractivity contribution in [3.63, 3.8) is 0 Å². The van der Waals surface area contributed by atoms with E-state index in [1.807, 2.05) is 31.2 Å². The van der Waals surface area contributed by atoms with E-state index in [4.69, 9.17) is 4.11 Å². The van der Waals surface area contributed by atoms with Crippen molar-refractivity contribution >= 4 is 0 Å². The third-order valence-electron chi connectivity index (χ3n) is 2.21. The lowest BCUT2D eigenvalue weighted by molar-refractivity contribution is 1.44. The normalized spacial score (nSPS) is 14.2. The first-order valence-corrected chi connectivity index (χ1v) is 4.64. The Morgan fingerprint density at radius 2 is 1.43 bits per heavy atom. The molecule has 2 rings (SSSR count). The summed E-state index contributed by atoms with van der Waals surface area (Å²) in [7, 11) is 0. The molecule has 0 fully saturated rings. The smallest absolute Gasteiger partial charge is 0.0280 e. The molecule has 0 bridgehead atoms. The lowest BCUT2D eigenvalue weighted by Crippen LogP contribution is -1.80. The zero-order valence-corrected chi connectivity index (χ0v) is 8.12. The van der Waals surface area contributed by atoms with Gasteiger partial charge in [0, 0.05) is 4.11 Å². The first-order chi connectivity index (χ1) is 7.97. The van der Waals surface area contributed by atoms with E-state index in [0.29, 0.717) is 5.56 Å². The molecular weight excluding hydrogens is 168 g/mol. The largest absolute Gasteiger partial charge is 0.0614 e. The van der Waals surface area contributed by atoms with Gasteiger partial charge in [-0.15, -0.1) is 0 Å². The van der Waals surface area contributed by atoms with Crippen LogP contribution in [0.5, 0.6) is 0 Å². The summed E-state index contributed by atoms with van der Waals surface area (Å²) >= 11 is 0. The standard InChI is InChI=1S/C14H14/c1-11-5-3-7-13(9-11)14-8-4-6-12(2)10-14/h3-10H,1-2H3/i1D3. The summed E-state index contributed by atoms with van der Waals surface area (Å²) in [6.45, 7) is -0.0169. The number of rotatable bonds is 1. The molecule has 0 heterocycles. The molecule has 2 aromatic rings. The molecule has 0 saturated carbocycles. The predicted octanol–water partition coefficient (Wildman–Crippen LogP) is 3.97. The number of hydrogen-bond donors (Lipinski definition) is 0. The van der Waals surface area contributed by atoms with Gasteiger partial charge >= 0.3 is 0 Å². The van der Waals surface area contributed by atoms with E-state index in [1.54, 1.807) is 18.2 Å². The van der Waals surface area contributed by atoms with Gasteiger partial charge in [0.15, 0.2) is 0 Å². The van der Waals surface area contributed by atoms with Crippen LogP contribution in [0.3, 0.4) is 0 Å². The zero-order chi connectivity index (χ0) is 12.5. The Bertz CT molecular complexity index is 527. The second-order valence-electron chi connectivity index (χ2n) is 3.45. The molecule has 0 aliphatic carbocycles. The van der Waals surface area contributed by atoms with Crippen LogP contribution in [0, 0.1) is 13.8 Å². The van der Waals surface area contributed by atoms with Crippen LogP contribution in [0.1, 0.15) is 15.2 Å². The average molecular weight is 185 g/mol. The summed E-state index contributed by atoms with van der Waals surface area (Å²) in [4.78, 5) is 0. The van der Waals surface area contributed by atoms with Crippen molar-refractivity contribution in [1.29, 1.82) is 0 Å². The Labute approximate surface area is 89.4 Å². The van der Waals surface area contributed by atoms with Crippen LogP contribution >= 0.6 is 0 Å². The summed E-state index contributed by atoms with van der Waals surface area (Å²) in [5.41, 5.74) is 3.55. The highest BCUT2D eigenvalue weighted by atomic mass is 14.0. The van der Waals surface area contributed by atoms with Crippen LogP contribution in [0.4, 0.5) is 0 Å². The monoisotopic (exact) mass is 185 g/mol. The predicted molar refractivity (Wildman–Crippen MR) is 61.4 cm³/mol. The SMILES string of the molecule is [2H]C([2H])([2H])c1cccc(-c2cccc(C)c2)c1. The molecular formula is C14H14. The lowest BCUT2D eigenvalue weighted by Gasteiger charge is -2.03. The van der Waals surface area contributed by atoms with E-state index < -0.39 is 6.85 Å². The molecule has 0 nitrogen and oxygen atoms in total. The van der Waals surface area contributed by atoms with E-state index in [0.717, 1.165) is 11.1 Å². The molecule has 2 aromatic carbocycles. The van der Waals surface area contributed by atoms with Gasteiger partial charge in [0.25, 0.3) is 0 Å². The summed E-state index contributed by atoms with van der Waals surface area (Å²) in [5.74, 6) is 0. The molecule has 0 saturated heterocycles. The molecule has 0 unspecified atom stereocenters. The van der Waals surface area contributed by atoms with Gasteiger partial charge in [-0.1, -0.05) is 59.7 Å². The fourth-order valence-corrected chi connectivity index (χ4v) is 1.52. The highest BCUT2D eigenvalue weighted by Crippen LogP contribution is 2.20. The highest BCUT2D eigenvalue weighted by Gasteiger charge is 1.96. The van der Waals surface area contributed by atoms with Gasteiger partial charge in [0.2, 0.25) is 0 Å². The topological polar surface area (TPSA) is 0 Å². The Morgan fingerprint density at radius 3 is 2.00 bits per heavy atom. The third-order valence-corrected chi connectivity index (χ3v) is 2.21. The Balaban J connectivity index is 2.47. The number of aryl methyl sites for hydroxylation is 2. The van der Waals surface area contributed by atoms with Gasteiger partial charge in [-0.05, 0) is 24.9 Å². The minimum Gasteiger partial charge on any atom is -0.0614 e. The van der Waals surface area contributed by atoms with Gasteiger partial charge in [0.05, 0.1) is 0 Å². The Kier molecular flexibility index (Phi) is 1.58. The Morgan fingerprint density at radius 1 is 0.857 bits per heavy atom. The van der Waals surface area contributed by atoms with Crippen LogP contribution < -0.4 is 0 Å². The maximum atomic E-state index is 7.41. The molecule has 0 heteroatoms. The van der Waals surface area contributed by atoms with Crippen LogP contribution in [0.2, 0.25) is 0 Å². The van der Waals surface area contributed by atoms with Gasteiger partial charge in [0.1, 0.15) is 0 Å². The van der Waals surface area contributed by atoms with Crippen molar-refractivity contribution in [3.05, 3.63) is 59.7 Å². The molecule has 0 atom stereocenters. The molecule has 0 amide bonds. The number of benzene rings is 2. The van der Waals surface area contributed by atoms with Gasteiger partial charge in [-0.3, -0.25) is 0 Å². The van der Waals surface area contributed by atoms with E-state index in [1.165, 1.54) is 5.56 Å². The van der Waals surface area contributed by atoms with Gasteiger partial charge in [-0.2, -0.15) is 0 Å². The maximum Gasteiger partial charge on any atom is 0.0280 e. The molecule has 0 aliphatic rings. The van der Waals surface area contributed by atoms with E-state index >= 15 is 0 Å². The van der Waals surface area contributed by atoms with E-state index in [2.05, 4.69) is 6.07 Å². The van der Waals surface area contributed by atoms with Crippen LogP contribution in [-0.2, 0) is 0 Å². The molecule has 0 aliphatic heterocycles. The molecule has 0 aromatic heterocycles. The van der Waals surface area contributed by atoms with Crippen molar-refractivity contribution in [2.75, 3.05) is 0 Å². The minimum absolute atomic E-state index is 0.386. The van der Waals surface area contributed by atoms with Gasteiger partial charge in [-0.25, -0.2) is 0 Å². The van der Waals surface area contributed by atoms with Crippen LogP contribution in [-0.4, -0.2) is 0 Å². The van der Waals surface area contributed by atoms with Crippen LogP contribution in [0.15, 0.2) is 48.5 Å². The minimum atomic E-state index is -2.04. The van der Waals surface area contributed by atoms with Crippen molar-refractivity contribution < 1.29 is 4.11 Å². The van der Waals surface area contributed by atoms with Crippen molar-refractivity contribution in [2.24, 2.45) is 0 Å². The van der Waals surface area contributed by atoms with Crippen LogP contribution in [0.25, 0.3) is 11.1 Å². The molecule has 0 N–H and O–H groups in total. The van der Waals surface area contributed by atoms with Gasteiger partial charge < -0.3 is 0 Å². The molecule has 0 spiro atoms. The first kappa shape index (κ1) is 6.02. The van der Waals surface area contributed by atoms with Crippen molar-refractivity contribution in [3.8, 4) is 11.1 Å². The van der Waals surface area contributed by atoms with Crippen molar-refractivity contribution in [2.45, 2.75) is 13.8 Å². The molecule has 0 radical (unpaired) electrons. The van der Waals surface area contributed by atoms with Crippen molar-refractivity contribution in [1.82, 2.24) is 0 Å². The summed E-state index contributed by atoms with van der Waals surface area (Å²) in [5, 5.41) is 0. The fourth-order valence-electron chi connectivity index (χ4n) is 1.52. The quantitative estimate of drug-likeness (QED) is 0.630. The van der Waals surface area contributed by atoms with E-state index in [9.17, 15) is 0 Å². The molecule has 14 heavy (non-hydrogen) atoms. The summed E-state index contributed by atoms with van der Waals surface area (Å²) in [6.07, 6.45) is 0. The molecule has 70 valence electrons. The lowest BCUT2D eigenvalue weighted by atomic mass is 10.0. The number of hydrogen-bond acceptors (Lipinski definition) is 0. The first-order valence-electron chi connectivity index (χ1n) is 6.14. The summed E-state index contributed by atoms with van der Waals surface area (Å²) < 4.78 is 22.2. The second kappa shape index (κ2) is 3.67. The maximum absolute atomic E-state index is 7.41. The Hall–Kier alpha value is -1.56. The second-order valence-corrected chi connectivity index (χ2v) is 3.45. The fraction of sp³-hybridized carbons (Fsp3) is 0.143. The zero-order valence-electron chi connectivity index (χ0n) is 11.1. The third kappa shape index (κ3) is 1.85.